The van der Waals surface area contributed by atoms with Gasteiger partial charge in [0.1, 0.15) is 17.3 Å². The van der Waals surface area contributed by atoms with Crippen molar-refractivity contribution in [3.8, 4) is 5.75 Å². The molecule has 2 aromatic rings. The Bertz CT molecular complexity index is 412. The third kappa shape index (κ3) is 1.96. The molecule has 0 atom stereocenters. The van der Waals surface area contributed by atoms with Gasteiger partial charge in [-0.1, -0.05) is 12.1 Å². The number of aryl methyl sites for hydroxylation is 1. The SMILES string of the molecule is Cc1ccc(Cc2ccc(O)cc2)o1. The Morgan fingerprint density at radius 3 is 2.36 bits per heavy atom. The van der Waals surface area contributed by atoms with E-state index in [9.17, 15) is 0 Å². The normalized spacial score (nSPS) is 10.4. The van der Waals surface area contributed by atoms with Gasteiger partial charge in [-0.15, -0.1) is 0 Å². The molecule has 0 saturated heterocycles. The molecule has 2 rings (SSSR count). The van der Waals surface area contributed by atoms with Gasteiger partial charge in [0.2, 0.25) is 0 Å². The smallest absolute Gasteiger partial charge is 0.115 e. The van der Waals surface area contributed by atoms with E-state index in [1.165, 1.54) is 0 Å². The van der Waals surface area contributed by atoms with Gasteiger partial charge in [0.05, 0.1) is 0 Å². The maximum Gasteiger partial charge on any atom is 0.115 e. The van der Waals surface area contributed by atoms with Crippen molar-refractivity contribution < 1.29 is 9.52 Å². The molecule has 0 unspecified atom stereocenters. The largest absolute Gasteiger partial charge is 0.508 e. The quantitative estimate of drug-likeness (QED) is 0.786. The molecule has 0 aliphatic carbocycles. The van der Waals surface area contributed by atoms with Gasteiger partial charge < -0.3 is 9.52 Å². The molecule has 0 spiro atoms. The van der Waals surface area contributed by atoms with Gasteiger partial charge in [0.25, 0.3) is 0 Å². The van der Waals surface area contributed by atoms with E-state index in [0.717, 1.165) is 23.5 Å². The number of aromatic hydroxyl groups is 1. The first-order chi connectivity index (χ1) is 6.74. The van der Waals surface area contributed by atoms with Crippen LogP contribution in [-0.4, -0.2) is 5.11 Å². The van der Waals surface area contributed by atoms with Crippen LogP contribution in [0.1, 0.15) is 17.1 Å². The maximum absolute atomic E-state index is 9.10. The van der Waals surface area contributed by atoms with Crippen molar-refractivity contribution in [2.24, 2.45) is 0 Å². The lowest BCUT2D eigenvalue weighted by Gasteiger charge is -1.98. The van der Waals surface area contributed by atoms with Crippen LogP contribution in [0, 0.1) is 6.92 Å². The number of benzene rings is 1. The van der Waals surface area contributed by atoms with Gasteiger partial charge in [0, 0.05) is 6.42 Å². The van der Waals surface area contributed by atoms with E-state index in [-0.39, 0.29) is 0 Å². The molecule has 0 bridgehead atoms. The fourth-order valence-electron chi connectivity index (χ4n) is 1.40. The number of furan rings is 1. The predicted molar refractivity (Wildman–Crippen MR) is 54.4 cm³/mol. The molecule has 0 amide bonds. The molecule has 1 aromatic carbocycles. The summed E-state index contributed by atoms with van der Waals surface area (Å²) in [5, 5.41) is 9.10. The standard InChI is InChI=1S/C12H12O2/c1-9-2-7-12(14-9)8-10-3-5-11(13)6-4-10/h2-7,13H,8H2,1H3. The molecule has 2 nitrogen and oxygen atoms in total. The molecule has 1 heterocycles. The molecule has 0 saturated carbocycles. The van der Waals surface area contributed by atoms with Crippen molar-refractivity contribution in [1.82, 2.24) is 0 Å². The Hall–Kier alpha value is -1.70. The highest BCUT2D eigenvalue weighted by Crippen LogP contribution is 2.15. The van der Waals surface area contributed by atoms with Gasteiger partial charge in [-0.25, -0.2) is 0 Å². The Morgan fingerprint density at radius 2 is 1.79 bits per heavy atom. The summed E-state index contributed by atoms with van der Waals surface area (Å²) in [4.78, 5) is 0. The van der Waals surface area contributed by atoms with Crippen molar-refractivity contribution in [3.63, 3.8) is 0 Å². The molecule has 2 heteroatoms. The number of hydrogen-bond acceptors (Lipinski definition) is 2. The van der Waals surface area contributed by atoms with Crippen molar-refractivity contribution in [3.05, 3.63) is 53.5 Å². The molecule has 0 aliphatic heterocycles. The minimum absolute atomic E-state index is 0.296. The van der Waals surface area contributed by atoms with Crippen LogP contribution in [0.4, 0.5) is 0 Å². The van der Waals surface area contributed by atoms with E-state index in [0.29, 0.717) is 5.75 Å². The van der Waals surface area contributed by atoms with E-state index in [4.69, 9.17) is 9.52 Å². The van der Waals surface area contributed by atoms with Crippen molar-refractivity contribution >= 4 is 0 Å². The summed E-state index contributed by atoms with van der Waals surface area (Å²) in [5.41, 5.74) is 1.14. The van der Waals surface area contributed by atoms with E-state index in [2.05, 4.69) is 0 Å². The van der Waals surface area contributed by atoms with Gasteiger partial charge in [-0.05, 0) is 36.8 Å². The molecule has 0 radical (unpaired) electrons. The summed E-state index contributed by atoms with van der Waals surface area (Å²) in [6.45, 7) is 1.93. The zero-order chi connectivity index (χ0) is 9.97. The number of phenolic OH excluding ortho intramolecular Hbond substituents is 1. The van der Waals surface area contributed by atoms with E-state index in [1.54, 1.807) is 12.1 Å². The monoisotopic (exact) mass is 188 g/mol. The second kappa shape index (κ2) is 3.58. The predicted octanol–water partition coefficient (Wildman–Crippen LogP) is 2.88. The molecule has 1 aromatic heterocycles. The highest BCUT2D eigenvalue weighted by Gasteiger charge is 2.00. The molecule has 0 aliphatic rings. The van der Waals surface area contributed by atoms with E-state index < -0.39 is 0 Å². The second-order valence-corrected chi connectivity index (χ2v) is 3.36. The van der Waals surface area contributed by atoms with Crippen molar-refractivity contribution in [1.29, 1.82) is 0 Å². The molecule has 14 heavy (non-hydrogen) atoms. The Labute approximate surface area is 82.8 Å². The molecule has 1 N–H and O–H groups in total. The van der Waals surface area contributed by atoms with Crippen LogP contribution in [-0.2, 0) is 6.42 Å². The first-order valence-electron chi connectivity index (χ1n) is 4.57. The summed E-state index contributed by atoms with van der Waals surface area (Å²) in [6.07, 6.45) is 0.772. The summed E-state index contributed by atoms with van der Waals surface area (Å²) < 4.78 is 5.46. The molecule has 72 valence electrons. The first kappa shape index (κ1) is 8.88. The van der Waals surface area contributed by atoms with Gasteiger partial charge in [-0.3, -0.25) is 0 Å². The summed E-state index contributed by atoms with van der Waals surface area (Å²) >= 11 is 0. The fraction of sp³-hybridized carbons (Fsp3) is 0.167. The Kier molecular flexibility index (Phi) is 2.27. The second-order valence-electron chi connectivity index (χ2n) is 3.36. The third-order valence-electron chi connectivity index (χ3n) is 2.11. The van der Waals surface area contributed by atoms with E-state index in [1.807, 2.05) is 31.2 Å². The van der Waals surface area contributed by atoms with Crippen LogP contribution in [0.2, 0.25) is 0 Å². The Morgan fingerprint density at radius 1 is 1.07 bits per heavy atom. The average molecular weight is 188 g/mol. The van der Waals surface area contributed by atoms with Crippen LogP contribution in [0.25, 0.3) is 0 Å². The summed E-state index contributed by atoms with van der Waals surface area (Å²) in [7, 11) is 0. The molecular formula is C12H12O2. The van der Waals surface area contributed by atoms with Gasteiger partial charge in [0.15, 0.2) is 0 Å². The van der Waals surface area contributed by atoms with Crippen molar-refractivity contribution in [2.75, 3.05) is 0 Å². The number of hydrogen-bond donors (Lipinski definition) is 1. The highest BCUT2D eigenvalue weighted by atomic mass is 16.3. The van der Waals surface area contributed by atoms with Crippen LogP contribution in [0.3, 0.4) is 0 Å². The summed E-state index contributed by atoms with van der Waals surface area (Å²) in [6, 6.07) is 11.1. The molecule has 0 fully saturated rings. The molecular weight excluding hydrogens is 176 g/mol. The lowest BCUT2D eigenvalue weighted by molar-refractivity contribution is 0.474. The summed E-state index contributed by atoms with van der Waals surface area (Å²) in [5.74, 6) is 2.18. The number of phenols is 1. The third-order valence-corrected chi connectivity index (χ3v) is 2.11. The van der Waals surface area contributed by atoms with Crippen molar-refractivity contribution in [2.45, 2.75) is 13.3 Å². The Balaban J connectivity index is 2.15. The highest BCUT2D eigenvalue weighted by molar-refractivity contribution is 5.28. The maximum atomic E-state index is 9.10. The van der Waals surface area contributed by atoms with Gasteiger partial charge in [-0.2, -0.15) is 0 Å². The van der Waals surface area contributed by atoms with Crippen LogP contribution >= 0.6 is 0 Å². The topological polar surface area (TPSA) is 33.4 Å². The van der Waals surface area contributed by atoms with Crippen LogP contribution in [0.5, 0.6) is 5.75 Å². The first-order valence-corrected chi connectivity index (χ1v) is 4.57. The minimum Gasteiger partial charge on any atom is -0.508 e. The lowest BCUT2D eigenvalue weighted by Crippen LogP contribution is -1.84. The number of rotatable bonds is 2. The van der Waals surface area contributed by atoms with Crippen LogP contribution in [0.15, 0.2) is 40.8 Å². The zero-order valence-corrected chi connectivity index (χ0v) is 8.03. The average Bonchev–Trinajstić information content (AvgIpc) is 2.56. The van der Waals surface area contributed by atoms with E-state index >= 15 is 0 Å². The van der Waals surface area contributed by atoms with Crippen LogP contribution < -0.4 is 0 Å². The fourth-order valence-corrected chi connectivity index (χ4v) is 1.40. The minimum atomic E-state index is 0.296. The van der Waals surface area contributed by atoms with Gasteiger partial charge >= 0.3 is 0 Å². The lowest BCUT2D eigenvalue weighted by atomic mass is 10.1. The zero-order valence-electron chi connectivity index (χ0n) is 8.03.